The average Bonchev–Trinajstić information content (AvgIpc) is 2.77. The lowest BCUT2D eigenvalue weighted by atomic mass is 10.2. The van der Waals surface area contributed by atoms with Crippen LogP contribution >= 0.6 is 11.6 Å². The molecule has 17 heavy (non-hydrogen) atoms. The van der Waals surface area contributed by atoms with E-state index in [1.54, 1.807) is 0 Å². The topological polar surface area (TPSA) is 29.0 Å². The SMILES string of the molecule is Cc1cc(N(CCCl)C2CCCC2)nc(C)n1. The Hall–Kier alpha value is -0.830. The molecule has 0 aromatic carbocycles. The van der Waals surface area contributed by atoms with E-state index < -0.39 is 0 Å². The molecule has 94 valence electrons. The van der Waals surface area contributed by atoms with Crippen molar-refractivity contribution in [3.63, 3.8) is 0 Å². The van der Waals surface area contributed by atoms with E-state index >= 15 is 0 Å². The molecule has 0 saturated heterocycles. The molecular weight excluding hydrogens is 234 g/mol. The lowest BCUT2D eigenvalue weighted by Gasteiger charge is -2.29. The number of nitrogens with zero attached hydrogens (tertiary/aromatic N) is 3. The number of aryl methyl sites for hydroxylation is 2. The Morgan fingerprint density at radius 3 is 2.59 bits per heavy atom. The summed E-state index contributed by atoms with van der Waals surface area (Å²) in [5, 5.41) is 0. The maximum atomic E-state index is 5.92. The molecular formula is C13H20ClN3. The second-order valence-corrected chi connectivity index (χ2v) is 5.11. The minimum atomic E-state index is 0.613. The highest BCUT2D eigenvalue weighted by molar-refractivity contribution is 6.18. The molecule has 1 aliphatic rings. The quantitative estimate of drug-likeness (QED) is 0.773. The minimum Gasteiger partial charge on any atom is -0.352 e. The highest BCUT2D eigenvalue weighted by Crippen LogP contribution is 2.27. The van der Waals surface area contributed by atoms with Crippen LogP contribution in [-0.2, 0) is 0 Å². The molecule has 0 amide bonds. The van der Waals surface area contributed by atoms with Crippen LogP contribution in [0.3, 0.4) is 0 Å². The Bertz CT molecular complexity index is 355. The molecule has 1 aliphatic carbocycles. The van der Waals surface area contributed by atoms with Crippen LogP contribution < -0.4 is 4.90 Å². The third-order valence-corrected chi connectivity index (χ3v) is 3.51. The number of hydrogen-bond donors (Lipinski definition) is 0. The van der Waals surface area contributed by atoms with Crippen LogP contribution in [0.4, 0.5) is 5.82 Å². The smallest absolute Gasteiger partial charge is 0.132 e. The number of halogens is 1. The van der Waals surface area contributed by atoms with Gasteiger partial charge in [0.25, 0.3) is 0 Å². The predicted octanol–water partition coefficient (Wildman–Crippen LogP) is 3.08. The molecule has 0 atom stereocenters. The van der Waals surface area contributed by atoms with Gasteiger partial charge in [-0.15, -0.1) is 11.6 Å². The maximum Gasteiger partial charge on any atom is 0.132 e. The van der Waals surface area contributed by atoms with Crippen LogP contribution in [0.1, 0.15) is 37.2 Å². The van der Waals surface area contributed by atoms with Gasteiger partial charge in [-0.2, -0.15) is 0 Å². The highest BCUT2D eigenvalue weighted by atomic mass is 35.5. The van der Waals surface area contributed by atoms with Crippen LogP contribution in [0.2, 0.25) is 0 Å². The van der Waals surface area contributed by atoms with Gasteiger partial charge < -0.3 is 4.90 Å². The van der Waals surface area contributed by atoms with Crippen molar-refractivity contribution in [2.24, 2.45) is 0 Å². The fourth-order valence-corrected chi connectivity index (χ4v) is 2.82. The molecule has 1 aromatic heterocycles. The molecule has 0 unspecified atom stereocenters. The van der Waals surface area contributed by atoms with Crippen LogP contribution in [0.25, 0.3) is 0 Å². The highest BCUT2D eigenvalue weighted by Gasteiger charge is 2.23. The third-order valence-electron chi connectivity index (χ3n) is 3.34. The summed E-state index contributed by atoms with van der Waals surface area (Å²) in [6, 6.07) is 2.68. The van der Waals surface area contributed by atoms with Crippen molar-refractivity contribution >= 4 is 17.4 Å². The standard InChI is InChI=1S/C13H20ClN3/c1-10-9-13(16-11(2)15-10)17(8-7-14)12-5-3-4-6-12/h9,12H,3-8H2,1-2H3. The van der Waals surface area contributed by atoms with E-state index in [9.17, 15) is 0 Å². The summed E-state index contributed by atoms with van der Waals surface area (Å²) >= 11 is 5.92. The molecule has 0 radical (unpaired) electrons. The van der Waals surface area contributed by atoms with Gasteiger partial charge in [-0.05, 0) is 26.7 Å². The van der Waals surface area contributed by atoms with Gasteiger partial charge in [-0.1, -0.05) is 12.8 Å². The zero-order valence-corrected chi connectivity index (χ0v) is 11.4. The lowest BCUT2D eigenvalue weighted by molar-refractivity contribution is 0.612. The summed E-state index contributed by atoms with van der Waals surface area (Å²) < 4.78 is 0. The van der Waals surface area contributed by atoms with Crippen LogP contribution in [0.15, 0.2) is 6.07 Å². The molecule has 0 N–H and O–H groups in total. The van der Waals surface area contributed by atoms with Crippen molar-refractivity contribution in [2.75, 3.05) is 17.3 Å². The molecule has 0 aliphatic heterocycles. The van der Waals surface area contributed by atoms with Gasteiger partial charge in [0, 0.05) is 30.2 Å². The van der Waals surface area contributed by atoms with E-state index in [0.717, 1.165) is 23.9 Å². The maximum absolute atomic E-state index is 5.92. The fourth-order valence-electron chi connectivity index (χ4n) is 2.64. The van der Waals surface area contributed by atoms with E-state index in [0.29, 0.717) is 11.9 Å². The van der Waals surface area contributed by atoms with Gasteiger partial charge in [-0.3, -0.25) is 0 Å². The van der Waals surface area contributed by atoms with E-state index in [4.69, 9.17) is 11.6 Å². The first-order valence-electron chi connectivity index (χ1n) is 6.35. The Labute approximate surface area is 108 Å². The Morgan fingerprint density at radius 2 is 2.00 bits per heavy atom. The monoisotopic (exact) mass is 253 g/mol. The molecule has 2 rings (SSSR count). The lowest BCUT2D eigenvalue weighted by Crippen LogP contribution is -2.35. The van der Waals surface area contributed by atoms with Gasteiger partial charge in [-0.25, -0.2) is 9.97 Å². The zero-order chi connectivity index (χ0) is 12.3. The zero-order valence-electron chi connectivity index (χ0n) is 10.6. The van der Waals surface area contributed by atoms with Gasteiger partial charge in [0.05, 0.1) is 0 Å². The summed E-state index contributed by atoms with van der Waals surface area (Å²) in [7, 11) is 0. The molecule has 3 nitrogen and oxygen atoms in total. The second kappa shape index (κ2) is 5.67. The summed E-state index contributed by atoms with van der Waals surface area (Å²) in [5.74, 6) is 2.54. The number of aromatic nitrogens is 2. The first kappa shape index (κ1) is 12.6. The second-order valence-electron chi connectivity index (χ2n) is 4.74. The van der Waals surface area contributed by atoms with Crippen molar-refractivity contribution in [3.8, 4) is 0 Å². The summed E-state index contributed by atoms with van der Waals surface area (Å²) in [5.41, 5.74) is 1.03. The number of alkyl halides is 1. The van der Waals surface area contributed by atoms with Crippen molar-refractivity contribution in [1.29, 1.82) is 0 Å². The molecule has 1 fully saturated rings. The number of anilines is 1. The van der Waals surface area contributed by atoms with Crippen molar-refractivity contribution in [3.05, 3.63) is 17.6 Å². The average molecular weight is 254 g/mol. The van der Waals surface area contributed by atoms with Crippen molar-refractivity contribution < 1.29 is 0 Å². The van der Waals surface area contributed by atoms with Crippen LogP contribution in [-0.4, -0.2) is 28.4 Å². The van der Waals surface area contributed by atoms with E-state index in [2.05, 4.69) is 20.9 Å². The largest absolute Gasteiger partial charge is 0.352 e. The summed E-state index contributed by atoms with van der Waals surface area (Å²) in [6.45, 7) is 4.85. The van der Waals surface area contributed by atoms with E-state index in [1.165, 1.54) is 25.7 Å². The van der Waals surface area contributed by atoms with Crippen molar-refractivity contribution in [2.45, 2.75) is 45.6 Å². The van der Waals surface area contributed by atoms with Gasteiger partial charge in [0.15, 0.2) is 0 Å². The van der Waals surface area contributed by atoms with Gasteiger partial charge in [0.2, 0.25) is 0 Å². The molecule has 1 heterocycles. The van der Waals surface area contributed by atoms with Crippen molar-refractivity contribution in [1.82, 2.24) is 9.97 Å². The summed E-state index contributed by atoms with van der Waals surface area (Å²) in [4.78, 5) is 11.2. The first-order valence-corrected chi connectivity index (χ1v) is 6.89. The van der Waals surface area contributed by atoms with Crippen LogP contribution in [0, 0.1) is 13.8 Å². The Kier molecular flexibility index (Phi) is 4.21. The molecule has 0 bridgehead atoms. The predicted molar refractivity (Wildman–Crippen MR) is 71.8 cm³/mol. The first-order chi connectivity index (χ1) is 8.20. The fraction of sp³-hybridized carbons (Fsp3) is 0.692. The molecule has 1 saturated carbocycles. The Balaban J connectivity index is 2.24. The van der Waals surface area contributed by atoms with E-state index in [1.807, 2.05) is 13.8 Å². The molecule has 4 heteroatoms. The molecule has 1 aromatic rings. The molecule has 0 spiro atoms. The minimum absolute atomic E-state index is 0.613. The Morgan fingerprint density at radius 1 is 1.29 bits per heavy atom. The number of hydrogen-bond acceptors (Lipinski definition) is 3. The van der Waals surface area contributed by atoms with Gasteiger partial charge in [0.1, 0.15) is 11.6 Å². The van der Waals surface area contributed by atoms with E-state index in [-0.39, 0.29) is 0 Å². The normalized spacial score (nSPS) is 16.4. The third kappa shape index (κ3) is 3.09. The van der Waals surface area contributed by atoms with Crippen LogP contribution in [0.5, 0.6) is 0 Å². The summed E-state index contributed by atoms with van der Waals surface area (Å²) in [6.07, 6.45) is 5.18. The number of rotatable bonds is 4. The van der Waals surface area contributed by atoms with Gasteiger partial charge >= 0.3 is 0 Å².